The van der Waals surface area contributed by atoms with Crippen molar-refractivity contribution in [1.82, 2.24) is 19.3 Å². The van der Waals surface area contributed by atoms with Crippen molar-refractivity contribution in [2.75, 3.05) is 18.1 Å². The molecular formula is C36H46F3N5O3Si. The van der Waals surface area contributed by atoms with E-state index < -0.39 is 33.6 Å². The van der Waals surface area contributed by atoms with Gasteiger partial charge in [0.25, 0.3) is 6.43 Å². The minimum absolute atomic E-state index is 0.00709. The predicted octanol–water partition coefficient (Wildman–Crippen LogP) is 7.78. The standard InChI is InChI=1S/C36H46F3N5O3Si/c1-8-46-35(45)33(32-29-16-24(37)18-42(29)20-40-32)44-19-28-27(34(38)39)17-26(21(2)31(28)41-44)22-9-11-25(12-10-22)43-14-13-23(36(3,4)5)15-30(43)47-48(6)7/h9-12,17,19-20,23-24,30,33-34,48H,8,13-16,18H2,1-7H3/t23?,24-,30?,33?/m1/s1. The second-order valence-electron chi connectivity index (χ2n) is 14.5. The summed E-state index contributed by atoms with van der Waals surface area (Å²) < 4.78 is 58.6. The maximum Gasteiger partial charge on any atom is 0.337 e. The molecule has 2 aliphatic heterocycles. The second-order valence-corrected chi connectivity index (χ2v) is 16.8. The number of halogens is 3. The van der Waals surface area contributed by atoms with Crippen molar-refractivity contribution in [2.24, 2.45) is 11.3 Å². The van der Waals surface area contributed by atoms with Crippen molar-refractivity contribution in [3.63, 3.8) is 0 Å². The van der Waals surface area contributed by atoms with Crippen LogP contribution in [0.5, 0.6) is 0 Å². The van der Waals surface area contributed by atoms with Gasteiger partial charge in [-0.15, -0.1) is 0 Å². The average Bonchev–Trinajstić information content (AvgIpc) is 3.72. The predicted molar refractivity (Wildman–Crippen MR) is 184 cm³/mol. The number of benzene rings is 2. The fourth-order valence-electron chi connectivity index (χ4n) is 7.33. The molecule has 8 nitrogen and oxygen atoms in total. The van der Waals surface area contributed by atoms with Gasteiger partial charge in [0.05, 0.1) is 30.7 Å². The summed E-state index contributed by atoms with van der Waals surface area (Å²) in [5, 5.41) is 4.97. The van der Waals surface area contributed by atoms with Gasteiger partial charge in [-0.1, -0.05) is 32.9 Å². The Morgan fingerprint density at radius 2 is 1.90 bits per heavy atom. The summed E-state index contributed by atoms with van der Waals surface area (Å²) in [5.41, 5.74) is 4.47. The zero-order valence-electron chi connectivity index (χ0n) is 28.8. The van der Waals surface area contributed by atoms with E-state index in [1.807, 2.05) is 31.2 Å². The summed E-state index contributed by atoms with van der Waals surface area (Å²) in [6.07, 6.45) is 1.25. The number of alkyl halides is 3. The molecule has 0 bridgehead atoms. The quantitative estimate of drug-likeness (QED) is 0.133. The lowest BCUT2D eigenvalue weighted by Crippen LogP contribution is -2.48. The molecule has 6 rings (SSSR count). The number of imidazole rings is 1. The lowest BCUT2D eigenvalue weighted by molar-refractivity contribution is -0.146. The highest BCUT2D eigenvalue weighted by Gasteiger charge is 2.37. The molecule has 0 radical (unpaired) electrons. The molecule has 0 saturated carbocycles. The highest BCUT2D eigenvalue weighted by molar-refractivity contribution is 6.48. The number of esters is 1. The maximum absolute atomic E-state index is 14.7. The number of rotatable bonds is 9. The van der Waals surface area contributed by atoms with Crippen LogP contribution in [0.25, 0.3) is 22.0 Å². The normalized spacial score (nSPS) is 20.6. The first kappa shape index (κ1) is 34.2. The number of nitrogens with zero attached hydrogens (tertiary/aromatic N) is 5. The van der Waals surface area contributed by atoms with Crippen LogP contribution in [-0.2, 0) is 26.9 Å². The second kappa shape index (κ2) is 13.3. The lowest BCUT2D eigenvalue weighted by Gasteiger charge is -2.45. The molecule has 3 unspecified atom stereocenters. The molecule has 0 N–H and O–H groups in total. The molecule has 0 amide bonds. The van der Waals surface area contributed by atoms with E-state index in [0.29, 0.717) is 33.9 Å². The van der Waals surface area contributed by atoms with E-state index in [-0.39, 0.29) is 42.2 Å². The molecule has 4 heterocycles. The highest BCUT2D eigenvalue weighted by atomic mass is 28.3. The Hall–Kier alpha value is -3.64. The van der Waals surface area contributed by atoms with Crippen LogP contribution in [0.3, 0.4) is 0 Å². The van der Waals surface area contributed by atoms with Gasteiger partial charge in [0.1, 0.15) is 12.4 Å². The molecule has 4 atom stereocenters. The van der Waals surface area contributed by atoms with Gasteiger partial charge in [-0.2, -0.15) is 5.10 Å². The Morgan fingerprint density at radius 3 is 2.54 bits per heavy atom. The van der Waals surface area contributed by atoms with Crippen LogP contribution in [0.2, 0.25) is 13.1 Å². The van der Waals surface area contributed by atoms with E-state index in [4.69, 9.17) is 14.3 Å². The van der Waals surface area contributed by atoms with E-state index in [1.165, 1.54) is 23.3 Å². The average molecular weight is 682 g/mol. The summed E-state index contributed by atoms with van der Waals surface area (Å²) in [6, 6.07) is 8.42. The van der Waals surface area contributed by atoms with Gasteiger partial charge in [-0.05, 0) is 86.0 Å². The van der Waals surface area contributed by atoms with Crippen LogP contribution < -0.4 is 4.90 Å². The van der Waals surface area contributed by atoms with Gasteiger partial charge < -0.3 is 18.6 Å². The SMILES string of the molecule is CCOC(=O)C(c1ncn2c1C[C@@H](F)C2)n1cc2c(C(F)F)cc(-c3ccc(N4CCC(C(C)(C)C)CC4O[SiH](C)C)cc3)c(C)c2n1. The number of aryl methyl sites for hydroxylation is 1. The molecule has 48 heavy (non-hydrogen) atoms. The first-order valence-corrected chi connectivity index (χ1v) is 19.7. The van der Waals surface area contributed by atoms with E-state index in [2.05, 4.69) is 43.7 Å². The Balaban J connectivity index is 1.37. The maximum atomic E-state index is 14.7. The molecule has 0 aliphatic carbocycles. The molecule has 12 heteroatoms. The zero-order valence-corrected chi connectivity index (χ0v) is 30.0. The van der Waals surface area contributed by atoms with Crippen molar-refractivity contribution >= 4 is 31.6 Å². The van der Waals surface area contributed by atoms with Crippen LogP contribution in [-0.4, -0.2) is 59.9 Å². The van der Waals surface area contributed by atoms with Crippen molar-refractivity contribution in [1.29, 1.82) is 0 Å². The van der Waals surface area contributed by atoms with Gasteiger partial charge in [0, 0.05) is 41.5 Å². The third-order valence-corrected chi connectivity index (χ3v) is 10.7. The smallest absolute Gasteiger partial charge is 0.337 e. The van der Waals surface area contributed by atoms with Crippen molar-refractivity contribution in [3.05, 3.63) is 65.4 Å². The first-order chi connectivity index (χ1) is 22.8. The van der Waals surface area contributed by atoms with Gasteiger partial charge >= 0.3 is 5.97 Å². The summed E-state index contributed by atoms with van der Waals surface area (Å²) in [6.45, 7) is 16.0. The summed E-state index contributed by atoms with van der Waals surface area (Å²) in [5.74, 6) is -0.0681. The topological polar surface area (TPSA) is 74.4 Å². The summed E-state index contributed by atoms with van der Waals surface area (Å²) in [7, 11) is -1.30. The molecule has 2 aromatic heterocycles. The third kappa shape index (κ3) is 6.53. The molecule has 0 spiro atoms. The van der Waals surface area contributed by atoms with Crippen molar-refractivity contribution < 1.29 is 27.1 Å². The molecule has 1 fully saturated rings. The Morgan fingerprint density at radius 1 is 1.17 bits per heavy atom. The van der Waals surface area contributed by atoms with Crippen LogP contribution >= 0.6 is 0 Å². The first-order valence-electron chi connectivity index (χ1n) is 16.9. The largest absolute Gasteiger partial charge is 0.464 e. The zero-order chi connectivity index (χ0) is 34.5. The highest BCUT2D eigenvalue weighted by Crippen LogP contribution is 2.41. The molecule has 4 aromatic rings. The number of aromatic nitrogens is 4. The van der Waals surface area contributed by atoms with E-state index in [9.17, 15) is 18.0 Å². The Kier molecular flexibility index (Phi) is 9.51. The number of ether oxygens (including phenoxy) is 1. The van der Waals surface area contributed by atoms with Crippen LogP contribution in [0.15, 0.2) is 42.9 Å². The van der Waals surface area contributed by atoms with E-state index in [0.717, 1.165) is 30.6 Å². The number of hydrogen-bond donors (Lipinski definition) is 0. The van der Waals surface area contributed by atoms with Gasteiger partial charge in [-0.3, -0.25) is 4.68 Å². The minimum atomic E-state index is -2.78. The Labute approximate surface area is 282 Å². The number of carbonyl (C=O) groups excluding carboxylic acids is 1. The van der Waals surface area contributed by atoms with Crippen LogP contribution in [0.1, 0.15) is 75.5 Å². The number of piperidine rings is 1. The molecular weight excluding hydrogens is 636 g/mol. The van der Waals surface area contributed by atoms with Crippen molar-refractivity contribution in [3.8, 4) is 11.1 Å². The van der Waals surface area contributed by atoms with Crippen molar-refractivity contribution in [2.45, 2.75) is 98.4 Å². The van der Waals surface area contributed by atoms with E-state index >= 15 is 0 Å². The Bertz CT molecular complexity index is 1780. The number of anilines is 1. The molecule has 1 saturated heterocycles. The van der Waals surface area contributed by atoms with Crippen LogP contribution in [0.4, 0.5) is 18.9 Å². The fourth-order valence-corrected chi connectivity index (χ4v) is 8.22. The third-order valence-electron chi connectivity index (χ3n) is 9.87. The monoisotopic (exact) mass is 681 g/mol. The number of hydrogen-bond acceptors (Lipinski definition) is 6. The van der Waals surface area contributed by atoms with E-state index in [1.54, 1.807) is 11.5 Å². The van der Waals surface area contributed by atoms with Crippen LogP contribution in [0, 0.1) is 18.3 Å². The number of carbonyl (C=O) groups is 1. The molecule has 258 valence electrons. The minimum Gasteiger partial charge on any atom is -0.464 e. The molecule has 2 aromatic carbocycles. The lowest BCUT2D eigenvalue weighted by atomic mass is 9.74. The van der Waals surface area contributed by atoms with Gasteiger partial charge in [-0.25, -0.2) is 22.9 Å². The van der Waals surface area contributed by atoms with Gasteiger partial charge in [0.2, 0.25) is 0 Å². The fraction of sp³-hybridized carbons (Fsp3) is 0.528. The van der Waals surface area contributed by atoms with Gasteiger partial charge in [0.15, 0.2) is 15.1 Å². The summed E-state index contributed by atoms with van der Waals surface area (Å²) in [4.78, 5) is 20.1. The summed E-state index contributed by atoms with van der Waals surface area (Å²) >= 11 is 0. The number of fused-ring (bicyclic) bond motifs is 2. The molecule has 2 aliphatic rings.